The van der Waals surface area contributed by atoms with E-state index in [0.717, 1.165) is 18.8 Å². The molecule has 0 aliphatic carbocycles. The van der Waals surface area contributed by atoms with Crippen molar-refractivity contribution in [1.82, 2.24) is 9.55 Å². The van der Waals surface area contributed by atoms with Crippen LogP contribution in [0.5, 0.6) is 0 Å². The largest absolute Gasteiger partial charge is 0.396 e. The van der Waals surface area contributed by atoms with Crippen LogP contribution in [0, 0.1) is 0 Å². The third-order valence-corrected chi connectivity index (χ3v) is 2.05. The summed E-state index contributed by atoms with van der Waals surface area (Å²) in [7, 11) is 0. The van der Waals surface area contributed by atoms with Crippen LogP contribution in [0.15, 0.2) is 12.4 Å². The first kappa shape index (κ1) is 10.2. The van der Waals surface area contributed by atoms with Gasteiger partial charge in [-0.2, -0.15) is 0 Å². The van der Waals surface area contributed by atoms with Crippen molar-refractivity contribution in [2.24, 2.45) is 5.73 Å². The number of imidazole rings is 1. The zero-order chi connectivity index (χ0) is 9.68. The highest BCUT2D eigenvalue weighted by Crippen LogP contribution is 2.01. The van der Waals surface area contributed by atoms with E-state index in [1.165, 1.54) is 0 Å². The smallest absolute Gasteiger partial charge is 0.108 e. The third kappa shape index (κ3) is 2.82. The molecule has 1 heterocycles. The van der Waals surface area contributed by atoms with Crippen molar-refractivity contribution in [1.29, 1.82) is 0 Å². The minimum atomic E-state index is 0.0181. The highest BCUT2D eigenvalue weighted by atomic mass is 16.3. The highest BCUT2D eigenvalue weighted by molar-refractivity contribution is 4.92. The summed E-state index contributed by atoms with van der Waals surface area (Å²) < 4.78 is 2.04. The van der Waals surface area contributed by atoms with Crippen molar-refractivity contribution in [3.05, 3.63) is 18.2 Å². The normalized spacial score (nSPS) is 13.2. The van der Waals surface area contributed by atoms with Crippen LogP contribution in [0.3, 0.4) is 0 Å². The van der Waals surface area contributed by atoms with Crippen LogP contribution in [0.25, 0.3) is 0 Å². The van der Waals surface area contributed by atoms with Gasteiger partial charge in [-0.3, -0.25) is 0 Å². The van der Waals surface area contributed by atoms with Gasteiger partial charge < -0.3 is 15.4 Å². The molecule has 4 nitrogen and oxygen atoms in total. The number of rotatable bonds is 5. The second-order valence-corrected chi connectivity index (χ2v) is 3.12. The number of aromatic nitrogens is 2. The summed E-state index contributed by atoms with van der Waals surface area (Å²) in [6.45, 7) is 2.96. The van der Waals surface area contributed by atoms with E-state index in [9.17, 15) is 0 Å². The average Bonchev–Trinajstić information content (AvgIpc) is 2.52. The Morgan fingerprint density at radius 2 is 2.46 bits per heavy atom. The Balaban J connectivity index is 2.52. The lowest BCUT2D eigenvalue weighted by molar-refractivity contribution is 0.269. The second kappa shape index (κ2) is 4.99. The molecule has 1 unspecified atom stereocenters. The molecule has 0 radical (unpaired) electrons. The number of hydrogen-bond donors (Lipinski definition) is 2. The van der Waals surface area contributed by atoms with Crippen LogP contribution in [-0.2, 0) is 13.0 Å². The molecule has 1 atom stereocenters. The molecule has 0 aliphatic heterocycles. The maximum absolute atomic E-state index is 8.69. The topological polar surface area (TPSA) is 64.1 Å². The number of hydrogen-bond acceptors (Lipinski definition) is 3. The number of nitrogens with two attached hydrogens (primary N) is 1. The molecular weight excluding hydrogens is 166 g/mol. The lowest BCUT2D eigenvalue weighted by Crippen LogP contribution is -2.27. The molecule has 0 fully saturated rings. The molecule has 74 valence electrons. The summed E-state index contributed by atoms with van der Waals surface area (Å²) in [6.07, 6.45) is 5.26. The van der Waals surface area contributed by atoms with E-state index in [-0.39, 0.29) is 12.6 Å². The monoisotopic (exact) mass is 183 g/mol. The Morgan fingerprint density at radius 3 is 3.08 bits per heavy atom. The molecule has 1 aromatic heterocycles. The van der Waals surface area contributed by atoms with E-state index in [4.69, 9.17) is 10.8 Å². The van der Waals surface area contributed by atoms with Crippen molar-refractivity contribution < 1.29 is 5.11 Å². The van der Waals surface area contributed by atoms with Crippen LogP contribution in [0.2, 0.25) is 0 Å². The van der Waals surface area contributed by atoms with Crippen LogP contribution in [0.1, 0.15) is 19.2 Å². The fourth-order valence-electron chi connectivity index (χ4n) is 1.33. The van der Waals surface area contributed by atoms with Crippen molar-refractivity contribution >= 4 is 0 Å². The SMILES string of the molecule is CCc1nccn1CC(N)CCO. The van der Waals surface area contributed by atoms with Crippen molar-refractivity contribution in [2.75, 3.05) is 6.61 Å². The molecule has 4 heteroatoms. The molecule has 0 bridgehead atoms. The minimum Gasteiger partial charge on any atom is -0.396 e. The Labute approximate surface area is 78.4 Å². The first-order chi connectivity index (χ1) is 6.27. The average molecular weight is 183 g/mol. The third-order valence-electron chi connectivity index (χ3n) is 2.05. The molecule has 0 spiro atoms. The van der Waals surface area contributed by atoms with E-state index in [0.29, 0.717) is 6.42 Å². The molecule has 0 saturated heterocycles. The Kier molecular flexibility index (Phi) is 3.92. The van der Waals surface area contributed by atoms with Gasteiger partial charge in [0.15, 0.2) is 0 Å². The zero-order valence-corrected chi connectivity index (χ0v) is 7.98. The lowest BCUT2D eigenvalue weighted by atomic mass is 10.2. The first-order valence-corrected chi connectivity index (χ1v) is 4.64. The van der Waals surface area contributed by atoms with Crippen LogP contribution in [-0.4, -0.2) is 27.3 Å². The van der Waals surface area contributed by atoms with Gasteiger partial charge in [0.2, 0.25) is 0 Å². The molecule has 0 aliphatic rings. The van der Waals surface area contributed by atoms with Gasteiger partial charge in [0.05, 0.1) is 0 Å². The van der Waals surface area contributed by atoms with E-state index in [1.807, 2.05) is 10.8 Å². The summed E-state index contributed by atoms with van der Waals surface area (Å²) in [5.41, 5.74) is 5.79. The fourth-order valence-corrected chi connectivity index (χ4v) is 1.33. The van der Waals surface area contributed by atoms with E-state index in [1.54, 1.807) is 6.20 Å². The molecule has 0 amide bonds. The first-order valence-electron chi connectivity index (χ1n) is 4.64. The zero-order valence-electron chi connectivity index (χ0n) is 7.98. The predicted molar refractivity (Wildman–Crippen MR) is 51.3 cm³/mol. The maximum Gasteiger partial charge on any atom is 0.108 e. The number of aliphatic hydroxyl groups excluding tert-OH is 1. The fraction of sp³-hybridized carbons (Fsp3) is 0.667. The predicted octanol–water partition coefficient (Wildman–Crippen LogP) is 0.155. The quantitative estimate of drug-likeness (QED) is 0.683. The van der Waals surface area contributed by atoms with Crippen LogP contribution < -0.4 is 5.73 Å². The molecule has 1 aromatic rings. The van der Waals surface area contributed by atoms with Gasteiger partial charge in [-0.25, -0.2) is 4.98 Å². The van der Waals surface area contributed by atoms with Gasteiger partial charge in [-0.15, -0.1) is 0 Å². The summed E-state index contributed by atoms with van der Waals surface area (Å²) in [6, 6.07) is 0.0181. The molecule has 3 N–H and O–H groups in total. The number of aliphatic hydroxyl groups is 1. The van der Waals surface area contributed by atoms with E-state index >= 15 is 0 Å². The summed E-state index contributed by atoms with van der Waals surface area (Å²) in [5.74, 6) is 1.05. The van der Waals surface area contributed by atoms with Gasteiger partial charge in [0.1, 0.15) is 5.82 Å². The Hall–Kier alpha value is -0.870. The molecule has 0 aromatic carbocycles. The van der Waals surface area contributed by atoms with Gasteiger partial charge >= 0.3 is 0 Å². The van der Waals surface area contributed by atoms with Crippen molar-refractivity contribution in [3.8, 4) is 0 Å². The van der Waals surface area contributed by atoms with Gasteiger partial charge in [0.25, 0.3) is 0 Å². The molecule has 0 saturated carbocycles. The Morgan fingerprint density at radius 1 is 1.69 bits per heavy atom. The standard InChI is InChI=1S/C9H17N3O/c1-2-9-11-4-5-12(9)7-8(10)3-6-13/h4-5,8,13H,2-3,6-7,10H2,1H3. The Bertz CT molecular complexity index is 247. The number of nitrogens with zero attached hydrogens (tertiary/aromatic N) is 2. The van der Waals surface area contributed by atoms with E-state index < -0.39 is 0 Å². The van der Waals surface area contributed by atoms with Gasteiger partial charge in [0, 0.05) is 38.0 Å². The van der Waals surface area contributed by atoms with Gasteiger partial charge in [-0.1, -0.05) is 6.92 Å². The molecular formula is C9H17N3O. The maximum atomic E-state index is 8.69. The lowest BCUT2D eigenvalue weighted by Gasteiger charge is -2.12. The summed E-state index contributed by atoms with van der Waals surface area (Å²) in [5, 5.41) is 8.69. The minimum absolute atomic E-state index is 0.0181. The molecule has 13 heavy (non-hydrogen) atoms. The van der Waals surface area contributed by atoms with Crippen molar-refractivity contribution in [2.45, 2.75) is 32.4 Å². The van der Waals surface area contributed by atoms with Crippen LogP contribution in [0.4, 0.5) is 0 Å². The van der Waals surface area contributed by atoms with Crippen LogP contribution >= 0.6 is 0 Å². The molecule has 1 rings (SSSR count). The van der Waals surface area contributed by atoms with Crippen molar-refractivity contribution in [3.63, 3.8) is 0 Å². The summed E-state index contributed by atoms with van der Waals surface area (Å²) in [4.78, 5) is 4.19. The van der Waals surface area contributed by atoms with Gasteiger partial charge in [-0.05, 0) is 6.42 Å². The summed E-state index contributed by atoms with van der Waals surface area (Å²) >= 11 is 0. The number of aryl methyl sites for hydroxylation is 1. The second-order valence-electron chi connectivity index (χ2n) is 3.12. The highest BCUT2D eigenvalue weighted by Gasteiger charge is 2.05. The van der Waals surface area contributed by atoms with E-state index in [2.05, 4.69) is 11.9 Å².